The van der Waals surface area contributed by atoms with E-state index in [1.807, 2.05) is 97.1 Å². The van der Waals surface area contributed by atoms with Gasteiger partial charge in [0.25, 0.3) is 0 Å². The van der Waals surface area contributed by atoms with Crippen molar-refractivity contribution in [1.82, 2.24) is 0 Å². The molecule has 0 saturated carbocycles. The summed E-state index contributed by atoms with van der Waals surface area (Å²) in [6.45, 7) is 0. The number of halogens is 2. The van der Waals surface area contributed by atoms with Crippen LogP contribution >= 0.6 is 15.8 Å². The second-order valence-corrected chi connectivity index (χ2v) is 18.7. The molecule has 0 unspecified atom stereocenters. The van der Waals surface area contributed by atoms with Gasteiger partial charge in [0.15, 0.2) is 0 Å². The van der Waals surface area contributed by atoms with Crippen molar-refractivity contribution in [2.75, 3.05) is 0 Å². The van der Waals surface area contributed by atoms with Crippen LogP contribution in [0.4, 0.5) is 7.00 Å². The van der Waals surface area contributed by atoms with Crippen molar-refractivity contribution >= 4 is 70.7 Å². The molecule has 0 atom stereocenters. The maximum absolute atomic E-state index is 17.4. The van der Waals surface area contributed by atoms with E-state index in [4.69, 9.17) is 0 Å². The van der Waals surface area contributed by atoms with Crippen LogP contribution < -0.4 is 40.6 Å². The van der Waals surface area contributed by atoms with Crippen LogP contribution in [-0.2, 0) is 0 Å². The number of hydrogen-bond acceptors (Lipinski definition) is 0. The van der Waals surface area contributed by atoms with Crippen molar-refractivity contribution in [2.45, 2.75) is 0 Å². The first-order valence-electron chi connectivity index (χ1n) is 13.5. The predicted molar refractivity (Wildman–Crippen MR) is 178 cm³/mol. The summed E-state index contributed by atoms with van der Waals surface area (Å²) in [6, 6.07) is 55.1. The third kappa shape index (κ3) is 5.84. The molecule has 0 bridgehead atoms. The Morgan fingerprint density at radius 2 is 0.561 bits per heavy atom. The van der Waals surface area contributed by atoms with Crippen molar-refractivity contribution in [3.63, 3.8) is 0 Å². The van der Waals surface area contributed by atoms with Crippen LogP contribution in [0.15, 0.2) is 170 Å². The van der Waals surface area contributed by atoms with Crippen molar-refractivity contribution in [2.24, 2.45) is 0 Å². The number of benzene rings is 6. The van der Waals surface area contributed by atoms with Crippen LogP contribution in [-0.4, -0.2) is 14.2 Å². The average molecular weight is 633 g/mol. The fraction of sp³-hybridized carbons (Fsp3) is 0. The first kappa shape index (κ1) is 27.7. The molecule has 200 valence electrons. The molecule has 0 saturated heterocycles. The predicted octanol–water partition coefficient (Wildman–Crippen LogP) is 5.70. The van der Waals surface area contributed by atoms with Crippen molar-refractivity contribution < 1.29 is 7.00 Å². The molecule has 0 fully saturated rings. The summed E-state index contributed by atoms with van der Waals surface area (Å²) < 4.78 is 35.3. The molecule has 41 heavy (non-hydrogen) atoms. The molecule has 0 aliphatic carbocycles. The second kappa shape index (κ2) is 12.6. The van der Waals surface area contributed by atoms with Crippen molar-refractivity contribution in [1.29, 1.82) is 0 Å². The summed E-state index contributed by atoms with van der Waals surface area (Å²) >= 11 is -5.85. The van der Waals surface area contributed by atoms with Gasteiger partial charge in [0.05, 0.1) is 0 Å². The van der Waals surface area contributed by atoms with Crippen LogP contribution in [0.2, 0.25) is 0 Å². The molecule has 0 aliphatic rings. The zero-order valence-corrected chi connectivity index (χ0v) is 26.2. The Kier molecular flexibility index (Phi) is 8.54. The van der Waals surface area contributed by atoms with Crippen molar-refractivity contribution in [3.8, 4) is 0 Å². The molecular formula is C36H28F2GeP2. The second-order valence-electron chi connectivity index (χ2n) is 9.62. The van der Waals surface area contributed by atoms with E-state index in [0.717, 1.165) is 31.8 Å². The van der Waals surface area contributed by atoms with E-state index in [1.165, 1.54) is 0 Å². The minimum absolute atomic E-state index is 0.245. The van der Waals surface area contributed by atoms with Gasteiger partial charge in [-0.15, -0.1) is 0 Å². The van der Waals surface area contributed by atoms with E-state index in [9.17, 15) is 0 Å². The Labute approximate surface area is 246 Å². The van der Waals surface area contributed by atoms with E-state index in [1.54, 1.807) is 24.3 Å². The van der Waals surface area contributed by atoms with Crippen LogP contribution in [0.25, 0.3) is 0 Å². The molecule has 0 amide bonds. The van der Waals surface area contributed by atoms with Crippen LogP contribution in [0.5, 0.6) is 0 Å². The Morgan fingerprint density at radius 1 is 0.317 bits per heavy atom. The zero-order valence-electron chi connectivity index (χ0n) is 22.3. The van der Waals surface area contributed by atoms with Gasteiger partial charge in [0.2, 0.25) is 0 Å². The fourth-order valence-electron chi connectivity index (χ4n) is 5.18. The van der Waals surface area contributed by atoms with E-state index >= 15 is 7.00 Å². The normalized spacial score (nSPS) is 11.6. The summed E-state index contributed by atoms with van der Waals surface area (Å²) in [5.74, 6) is 0. The monoisotopic (exact) mass is 634 g/mol. The van der Waals surface area contributed by atoms with E-state index in [2.05, 4.69) is 48.5 Å². The molecule has 0 radical (unpaired) electrons. The maximum atomic E-state index is 17.4. The van der Waals surface area contributed by atoms with Gasteiger partial charge in [-0.3, -0.25) is 0 Å². The Morgan fingerprint density at radius 3 is 0.854 bits per heavy atom. The molecule has 0 aliphatic heterocycles. The minimum atomic E-state index is -5.85. The number of hydrogen-bond donors (Lipinski definition) is 0. The third-order valence-electron chi connectivity index (χ3n) is 7.02. The summed E-state index contributed by atoms with van der Waals surface area (Å²) in [6.07, 6.45) is 0. The van der Waals surface area contributed by atoms with Crippen LogP contribution in [0.1, 0.15) is 0 Å². The Balaban J connectivity index is 1.55. The molecule has 5 heteroatoms. The van der Waals surface area contributed by atoms with E-state index < -0.39 is 30.0 Å². The SMILES string of the molecule is [F][Ge]([F])([c]1ccccc1P(c1ccccc1)c1ccccc1)[c]1ccccc1P(c1ccccc1)c1ccccc1. The molecule has 6 aromatic carbocycles. The quantitative estimate of drug-likeness (QED) is 0.149. The van der Waals surface area contributed by atoms with Gasteiger partial charge >= 0.3 is 248 Å². The number of rotatable bonds is 8. The molecule has 0 spiro atoms. The van der Waals surface area contributed by atoms with E-state index in [-0.39, 0.29) is 8.79 Å². The van der Waals surface area contributed by atoms with Gasteiger partial charge in [-0.2, -0.15) is 0 Å². The summed E-state index contributed by atoms with van der Waals surface area (Å²) in [5.41, 5.74) is 0. The summed E-state index contributed by atoms with van der Waals surface area (Å²) in [7, 11) is -2.32. The molecule has 0 heterocycles. The van der Waals surface area contributed by atoms with Gasteiger partial charge in [-0.25, -0.2) is 0 Å². The van der Waals surface area contributed by atoms with Gasteiger partial charge in [-0.1, -0.05) is 0 Å². The zero-order chi connectivity index (χ0) is 28.1. The Hall–Kier alpha value is -3.42. The van der Waals surface area contributed by atoms with Gasteiger partial charge in [0.1, 0.15) is 0 Å². The average Bonchev–Trinajstić information content (AvgIpc) is 3.04. The van der Waals surface area contributed by atoms with Crippen LogP contribution in [0.3, 0.4) is 0 Å². The van der Waals surface area contributed by atoms with E-state index in [0.29, 0.717) is 0 Å². The van der Waals surface area contributed by atoms with Gasteiger partial charge in [-0.05, 0) is 0 Å². The van der Waals surface area contributed by atoms with Gasteiger partial charge in [0, 0.05) is 0 Å². The summed E-state index contributed by atoms with van der Waals surface area (Å²) in [4.78, 5) is 0. The van der Waals surface area contributed by atoms with Gasteiger partial charge < -0.3 is 0 Å². The molecule has 6 rings (SSSR count). The molecule has 6 aromatic rings. The third-order valence-corrected chi connectivity index (χ3v) is 17.6. The molecule has 0 nitrogen and oxygen atoms in total. The molecule has 0 aromatic heterocycles. The first-order chi connectivity index (χ1) is 20.1. The standard InChI is InChI=1S/C36H28F2GeP2/c37-39(38,33-25-13-15-27-35(33)40(29-17-5-1-6-18-29)30-19-7-2-8-20-30)34-26-14-16-28-36(34)41(31-21-9-3-10-22-31)32-23-11-4-12-24-32/h1-28H. The molecular weight excluding hydrogens is 605 g/mol. The fourth-order valence-corrected chi connectivity index (χ4v) is 16.3. The first-order valence-corrected chi connectivity index (χ1v) is 19.9. The Bertz CT molecular complexity index is 1510. The topological polar surface area (TPSA) is 0 Å². The molecule has 0 N–H and O–H groups in total. The van der Waals surface area contributed by atoms with Crippen LogP contribution in [0, 0.1) is 0 Å². The van der Waals surface area contributed by atoms with Crippen molar-refractivity contribution in [3.05, 3.63) is 170 Å². The summed E-state index contributed by atoms with van der Waals surface area (Å²) in [5, 5.41) is 5.80.